The number of ether oxygens (including phenoxy) is 2. The average molecular weight is 316 g/mol. The maximum absolute atomic E-state index is 5.35. The van der Waals surface area contributed by atoms with E-state index in [-0.39, 0.29) is 0 Å². The molecule has 2 rings (SSSR count). The molecule has 22 heavy (non-hydrogen) atoms. The zero-order valence-corrected chi connectivity index (χ0v) is 13.8. The standard InChI is InChI=1S/C17H20N2O2S/c1-4-12-6-5-7-13(8-12)18-17(22)19-14-9-15(20-2)11-16(10-14)21-3/h5-11H,4H2,1-3H3,(H2,18,19,22). The predicted octanol–water partition coefficient (Wildman–Crippen LogP) is 4.08. The molecule has 0 saturated carbocycles. The van der Waals surface area contributed by atoms with Gasteiger partial charge in [0.05, 0.1) is 14.2 Å². The number of thiocarbonyl (C=S) groups is 1. The molecule has 2 aromatic carbocycles. The Morgan fingerprint density at radius 2 is 1.59 bits per heavy atom. The number of rotatable bonds is 5. The lowest BCUT2D eigenvalue weighted by Gasteiger charge is -2.13. The summed E-state index contributed by atoms with van der Waals surface area (Å²) < 4.78 is 10.5. The summed E-state index contributed by atoms with van der Waals surface area (Å²) in [6.07, 6.45) is 0.989. The van der Waals surface area contributed by atoms with Gasteiger partial charge in [-0.25, -0.2) is 0 Å². The predicted molar refractivity (Wildman–Crippen MR) is 95.2 cm³/mol. The van der Waals surface area contributed by atoms with Crippen LogP contribution in [0.15, 0.2) is 42.5 Å². The van der Waals surface area contributed by atoms with E-state index in [9.17, 15) is 0 Å². The van der Waals surface area contributed by atoms with E-state index in [4.69, 9.17) is 21.7 Å². The van der Waals surface area contributed by atoms with E-state index in [1.807, 2.05) is 30.3 Å². The summed E-state index contributed by atoms with van der Waals surface area (Å²) in [6, 6.07) is 13.7. The van der Waals surface area contributed by atoms with Crippen molar-refractivity contribution in [3.05, 3.63) is 48.0 Å². The normalized spacial score (nSPS) is 9.95. The van der Waals surface area contributed by atoms with Gasteiger partial charge in [0.2, 0.25) is 0 Å². The topological polar surface area (TPSA) is 42.5 Å². The molecular formula is C17H20N2O2S. The summed E-state index contributed by atoms with van der Waals surface area (Å²) in [6.45, 7) is 2.12. The molecule has 0 bridgehead atoms. The molecule has 5 heteroatoms. The van der Waals surface area contributed by atoms with Crippen LogP contribution in [0.1, 0.15) is 12.5 Å². The Bertz CT molecular complexity index is 637. The number of anilines is 2. The van der Waals surface area contributed by atoms with Crippen molar-refractivity contribution < 1.29 is 9.47 Å². The van der Waals surface area contributed by atoms with Gasteiger partial charge in [0.15, 0.2) is 5.11 Å². The SMILES string of the molecule is CCc1cccc(NC(=S)Nc2cc(OC)cc(OC)c2)c1. The first-order chi connectivity index (χ1) is 10.6. The largest absolute Gasteiger partial charge is 0.497 e. The van der Waals surface area contributed by atoms with Gasteiger partial charge in [-0.3, -0.25) is 0 Å². The number of hydrogen-bond acceptors (Lipinski definition) is 3. The molecule has 2 aromatic rings. The van der Waals surface area contributed by atoms with E-state index >= 15 is 0 Å². The van der Waals surface area contributed by atoms with Gasteiger partial charge in [-0.15, -0.1) is 0 Å². The number of nitrogens with one attached hydrogen (secondary N) is 2. The highest BCUT2D eigenvalue weighted by atomic mass is 32.1. The van der Waals surface area contributed by atoms with Gasteiger partial charge in [-0.1, -0.05) is 19.1 Å². The molecule has 0 fully saturated rings. The monoisotopic (exact) mass is 316 g/mol. The van der Waals surface area contributed by atoms with Crippen LogP contribution in [0.2, 0.25) is 0 Å². The van der Waals surface area contributed by atoms with Crippen LogP contribution < -0.4 is 20.1 Å². The molecule has 2 N–H and O–H groups in total. The summed E-state index contributed by atoms with van der Waals surface area (Å²) in [5, 5.41) is 6.83. The minimum Gasteiger partial charge on any atom is -0.497 e. The molecule has 4 nitrogen and oxygen atoms in total. The van der Waals surface area contributed by atoms with Crippen molar-refractivity contribution in [2.24, 2.45) is 0 Å². The van der Waals surface area contributed by atoms with E-state index in [0.717, 1.165) is 17.8 Å². The van der Waals surface area contributed by atoms with Crippen LogP contribution in [0.3, 0.4) is 0 Å². The lowest BCUT2D eigenvalue weighted by atomic mass is 10.1. The molecule has 0 amide bonds. The van der Waals surface area contributed by atoms with Crippen LogP contribution in [-0.2, 0) is 6.42 Å². The van der Waals surface area contributed by atoms with Gasteiger partial charge < -0.3 is 20.1 Å². The Morgan fingerprint density at radius 1 is 0.955 bits per heavy atom. The molecule has 0 radical (unpaired) electrons. The quantitative estimate of drug-likeness (QED) is 0.814. The summed E-state index contributed by atoms with van der Waals surface area (Å²) in [5.41, 5.74) is 3.03. The Labute approximate surface area is 136 Å². The molecule has 0 saturated heterocycles. The molecular weight excluding hydrogens is 296 g/mol. The third-order valence-corrected chi connectivity index (χ3v) is 3.41. The van der Waals surface area contributed by atoms with Gasteiger partial charge in [0.25, 0.3) is 0 Å². The smallest absolute Gasteiger partial charge is 0.175 e. The van der Waals surface area contributed by atoms with Crippen molar-refractivity contribution in [2.75, 3.05) is 24.9 Å². The van der Waals surface area contributed by atoms with Gasteiger partial charge in [-0.2, -0.15) is 0 Å². The molecule has 0 spiro atoms. The number of hydrogen-bond donors (Lipinski definition) is 2. The van der Waals surface area contributed by atoms with Crippen LogP contribution in [0.25, 0.3) is 0 Å². The Morgan fingerprint density at radius 3 is 2.18 bits per heavy atom. The molecule has 0 heterocycles. The Balaban J connectivity index is 2.08. The minimum atomic E-state index is 0.517. The highest BCUT2D eigenvalue weighted by Gasteiger charge is 2.04. The van der Waals surface area contributed by atoms with Crippen LogP contribution in [0.5, 0.6) is 11.5 Å². The fraction of sp³-hybridized carbons (Fsp3) is 0.235. The van der Waals surface area contributed by atoms with Crippen molar-refractivity contribution in [3.63, 3.8) is 0 Å². The van der Waals surface area contributed by atoms with Crippen LogP contribution >= 0.6 is 12.2 Å². The fourth-order valence-corrected chi connectivity index (χ4v) is 2.28. The third-order valence-electron chi connectivity index (χ3n) is 3.20. The van der Waals surface area contributed by atoms with Gasteiger partial charge in [0, 0.05) is 29.6 Å². The highest BCUT2D eigenvalue weighted by molar-refractivity contribution is 7.80. The Hall–Kier alpha value is -2.27. The zero-order chi connectivity index (χ0) is 15.9. The van der Waals surface area contributed by atoms with Crippen LogP contribution in [0, 0.1) is 0 Å². The van der Waals surface area contributed by atoms with E-state index in [1.54, 1.807) is 14.2 Å². The molecule has 116 valence electrons. The zero-order valence-electron chi connectivity index (χ0n) is 13.0. The van der Waals surface area contributed by atoms with Crippen molar-refractivity contribution in [1.29, 1.82) is 0 Å². The summed E-state index contributed by atoms with van der Waals surface area (Å²) >= 11 is 5.35. The van der Waals surface area contributed by atoms with Crippen molar-refractivity contribution in [3.8, 4) is 11.5 Å². The molecule has 0 unspecified atom stereocenters. The summed E-state index contributed by atoms with van der Waals surface area (Å²) in [7, 11) is 3.23. The van der Waals surface area contributed by atoms with E-state index in [0.29, 0.717) is 16.6 Å². The second-order valence-electron chi connectivity index (χ2n) is 4.73. The summed E-state index contributed by atoms with van der Waals surface area (Å²) in [5.74, 6) is 1.41. The summed E-state index contributed by atoms with van der Waals surface area (Å²) in [4.78, 5) is 0. The van der Waals surface area contributed by atoms with Crippen LogP contribution in [0.4, 0.5) is 11.4 Å². The first-order valence-corrected chi connectivity index (χ1v) is 7.45. The highest BCUT2D eigenvalue weighted by Crippen LogP contribution is 2.25. The number of benzene rings is 2. The molecule has 0 aliphatic rings. The van der Waals surface area contributed by atoms with Crippen LogP contribution in [-0.4, -0.2) is 19.3 Å². The van der Waals surface area contributed by atoms with Gasteiger partial charge >= 0.3 is 0 Å². The Kier molecular flexibility index (Phi) is 5.61. The second-order valence-corrected chi connectivity index (χ2v) is 5.14. The van der Waals surface area contributed by atoms with Crippen molar-refractivity contribution in [1.82, 2.24) is 0 Å². The number of methoxy groups -OCH3 is 2. The van der Waals surface area contributed by atoms with Crippen molar-refractivity contribution in [2.45, 2.75) is 13.3 Å². The fourth-order valence-electron chi connectivity index (χ4n) is 2.04. The maximum Gasteiger partial charge on any atom is 0.175 e. The van der Waals surface area contributed by atoms with Crippen molar-refractivity contribution >= 4 is 28.7 Å². The first-order valence-electron chi connectivity index (χ1n) is 7.04. The minimum absolute atomic E-state index is 0.517. The maximum atomic E-state index is 5.35. The van der Waals surface area contributed by atoms with E-state index < -0.39 is 0 Å². The molecule has 0 aliphatic heterocycles. The van der Waals surface area contributed by atoms with E-state index in [2.05, 4.69) is 29.7 Å². The van der Waals surface area contributed by atoms with Gasteiger partial charge in [0.1, 0.15) is 11.5 Å². The average Bonchev–Trinajstić information content (AvgIpc) is 2.54. The molecule has 0 aliphatic carbocycles. The molecule has 0 atom stereocenters. The first kappa shape index (κ1) is 16.1. The second kappa shape index (κ2) is 7.66. The lowest BCUT2D eigenvalue weighted by molar-refractivity contribution is 0.395. The van der Waals surface area contributed by atoms with E-state index in [1.165, 1.54) is 5.56 Å². The third kappa shape index (κ3) is 4.36. The lowest BCUT2D eigenvalue weighted by Crippen LogP contribution is -2.19. The number of aryl methyl sites for hydroxylation is 1. The van der Waals surface area contributed by atoms with Gasteiger partial charge in [-0.05, 0) is 36.3 Å². The molecule has 0 aromatic heterocycles.